The third-order valence-corrected chi connectivity index (χ3v) is 5.59. The summed E-state index contributed by atoms with van der Waals surface area (Å²) < 4.78 is 13.0. The van der Waals surface area contributed by atoms with Crippen LogP contribution in [-0.2, 0) is 16.0 Å². The number of pyridine rings is 1. The van der Waals surface area contributed by atoms with Gasteiger partial charge in [0.25, 0.3) is 0 Å². The molecule has 0 unspecified atom stereocenters. The molecule has 0 radical (unpaired) electrons. The molecule has 0 saturated heterocycles. The van der Waals surface area contributed by atoms with E-state index in [9.17, 15) is 14.0 Å². The van der Waals surface area contributed by atoms with E-state index >= 15 is 0 Å². The molecule has 0 spiro atoms. The summed E-state index contributed by atoms with van der Waals surface area (Å²) in [5.74, 6) is 0.401. The molecule has 1 aliphatic carbocycles. The highest BCUT2D eigenvalue weighted by Gasteiger charge is 2.30. The van der Waals surface area contributed by atoms with Crippen molar-refractivity contribution in [3.05, 3.63) is 65.7 Å². The molecule has 0 bridgehead atoms. The SMILES string of the molecule is CC(=O)N[C@@H](c1ccccn1)C1CCC(CNC(=O)Cc2ccc(F)cc2)CC1. The van der Waals surface area contributed by atoms with Crippen LogP contribution in [0.2, 0.25) is 0 Å². The Morgan fingerprint density at radius 3 is 2.45 bits per heavy atom. The number of amides is 2. The predicted molar refractivity (Wildman–Crippen MR) is 109 cm³/mol. The number of benzene rings is 1. The van der Waals surface area contributed by atoms with Crippen molar-refractivity contribution in [2.24, 2.45) is 11.8 Å². The summed E-state index contributed by atoms with van der Waals surface area (Å²) in [6.07, 6.45) is 6.00. The molecule has 2 N–H and O–H groups in total. The average Bonchev–Trinajstić information content (AvgIpc) is 2.73. The van der Waals surface area contributed by atoms with Crippen molar-refractivity contribution in [3.63, 3.8) is 0 Å². The summed E-state index contributed by atoms with van der Waals surface area (Å²) in [5.41, 5.74) is 1.71. The number of halogens is 1. The third-order valence-electron chi connectivity index (χ3n) is 5.59. The number of hydrogen-bond acceptors (Lipinski definition) is 3. The minimum absolute atomic E-state index is 0.0386. The lowest BCUT2D eigenvalue weighted by molar-refractivity contribution is -0.121. The van der Waals surface area contributed by atoms with Gasteiger partial charge in [0.15, 0.2) is 0 Å². The lowest BCUT2D eigenvalue weighted by atomic mass is 9.77. The standard InChI is InChI=1S/C23H28FN3O2/c1-16(28)27-23(21-4-2-3-13-25-21)19-9-5-18(6-10-19)15-26-22(29)14-17-7-11-20(24)12-8-17/h2-4,7-8,11-13,18-19,23H,5-6,9-10,14-15H2,1H3,(H,26,29)(H,27,28)/t18?,19?,23-/m1/s1. The van der Waals surface area contributed by atoms with Gasteiger partial charge in [-0.25, -0.2) is 4.39 Å². The highest BCUT2D eigenvalue weighted by Crippen LogP contribution is 2.36. The van der Waals surface area contributed by atoms with Crippen LogP contribution in [0.1, 0.15) is 49.9 Å². The van der Waals surface area contributed by atoms with Gasteiger partial charge < -0.3 is 10.6 Å². The fourth-order valence-corrected chi connectivity index (χ4v) is 4.05. The molecule has 154 valence electrons. The van der Waals surface area contributed by atoms with Crippen molar-refractivity contribution in [2.75, 3.05) is 6.54 Å². The Balaban J connectivity index is 1.47. The maximum atomic E-state index is 13.0. The molecule has 3 rings (SSSR count). The van der Waals surface area contributed by atoms with Crippen LogP contribution in [-0.4, -0.2) is 23.3 Å². The van der Waals surface area contributed by atoms with Crippen molar-refractivity contribution in [3.8, 4) is 0 Å². The van der Waals surface area contributed by atoms with Gasteiger partial charge in [-0.15, -0.1) is 0 Å². The average molecular weight is 397 g/mol. The number of aromatic nitrogens is 1. The molecule has 1 fully saturated rings. The third kappa shape index (κ3) is 6.38. The van der Waals surface area contributed by atoms with Crippen molar-refractivity contribution < 1.29 is 14.0 Å². The van der Waals surface area contributed by atoms with Gasteiger partial charge in [-0.2, -0.15) is 0 Å². The Hall–Kier alpha value is -2.76. The second-order valence-corrected chi connectivity index (χ2v) is 7.82. The number of rotatable bonds is 7. The van der Waals surface area contributed by atoms with Crippen LogP contribution in [0, 0.1) is 17.7 Å². The summed E-state index contributed by atoms with van der Waals surface area (Å²) in [7, 11) is 0. The second kappa shape index (κ2) is 10.1. The molecule has 29 heavy (non-hydrogen) atoms. The van der Waals surface area contributed by atoms with Crippen molar-refractivity contribution in [1.82, 2.24) is 15.6 Å². The van der Waals surface area contributed by atoms with Gasteiger partial charge in [0, 0.05) is 19.7 Å². The number of nitrogens with zero attached hydrogens (tertiary/aromatic N) is 1. The van der Waals surface area contributed by atoms with Crippen LogP contribution in [0.5, 0.6) is 0 Å². The van der Waals surface area contributed by atoms with E-state index in [1.165, 1.54) is 19.1 Å². The summed E-state index contributed by atoms with van der Waals surface area (Å²) in [6, 6.07) is 11.7. The minimum Gasteiger partial charge on any atom is -0.356 e. The molecule has 2 amide bonds. The quantitative estimate of drug-likeness (QED) is 0.750. The zero-order valence-corrected chi connectivity index (χ0v) is 16.7. The van der Waals surface area contributed by atoms with Gasteiger partial charge in [0.2, 0.25) is 11.8 Å². The lowest BCUT2D eigenvalue weighted by Crippen LogP contribution is -2.36. The minimum atomic E-state index is -0.297. The molecule has 1 aliphatic rings. The van der Waals surface area contributed by atoms with Gasteiger partial charge in [-0.05, 0) is 67.3 Å². The maximum Gasteiger partial charge on any atom is 0.224 e. The van der Waals surface area contributed by atoms with Crippen LogP contribution < -0.4 is 10.6 Å². The summed E-state index contributed by atoms with van der Waals surface area (Å²) in [6.45, 7) is 2.19. The van der Waals surface area contributed by atoms with E-state index in [1.807, 2.05) is 18.2 Å². The van der Waals surface area contributed by atoms with Crippen LogP contribution in [0.25, 0.3) is 0 Å². The molecular formula is C23H28FN3O2. The lowest BCUT2D eigenvalue weighted by Gasteiger charge is -2.34. The van der Waals surface area contributed by atoms with Crippen molar-refractivity contribution in [1.29, 1.82) is 0 Å². The molecular weight excluding hydrogens is 369 g/mol. The van der Waals surface area contributed by atoms with Crippen LogP contribution >= 0.6 is 0 Å². The topological polar surface area (TPSA) is 71.1 Å². The number of hydrogen-bond donors (Lipinski definition) is 2. The van der Waals surface area contributed by atoms with Crippen LogP contribution in [0.15, 0.2) is 48.7 Å². The molecule has 2 aromatic rings. The normalized spacial score (nSPS) is 19.9. The number of carbonyl (C=O) groups excluding carboxylic acids is 2. The zero-order chi connectivity index (χ0) is 20.6. The molecule has 1 aromatic carbocycles. The number of carbonyl (C=O) groups is 2. The summed E-state index contributed by atoms with van der Waals surface area (Å²) >= 11 is 0. The Morgan fingerprint density at radius 2 is 1.83 bits per heavy atom. The van der Waals surface area contributed by atoms with E-state index in [0.29, 0.717) is 18.4 Å². The molecule has 1 aromatic heterocycles. The van der Waals surface area contributed by atoms with Crippen molar-refractivity contribution >= 4 is 11.8 Å². The molecule has 1 heterocycles. The summed E-state index contributed by atoms with van der Waals surface area (Å²) in [5, 5.41) is 6.07. The first-order chi connectivity index (χ1) is 14.0. The highest BCUT2D eigenvalue weighted by atomic mass is 19.1. The zero-order valence-electron chi connectivity index (χ0n) is 16.7. The largest absolute Gasteiger partial charge is 0.356 e. The van der Waals surface area contributed by atoms with Crippen molar-refractivity contribution in [2.45, 2.75) is 45.1 Å². The maximum absolute atomic E-state index is 13.0. The molecule has 1 atom stereocenters. The Bertz CT molecular complexity index is 803. The first kappa shape index (κ1) is 21.0. The Morgan fingerprint density at radius 1 is 1.10 bits per heavy atom. The highest BCUT2D eigenvalue weighted by molar-refractivity contribution is 5.78. The van der Waals surface area contributed by atoms with E-state index in [-0.39, 0.29) is 30.1 Å². The van der Waals surface area contributed by atoms with Crippen LogP contribution in [0.3, 0.4) is 0 Å². The Kier molecular flexibility index (Phi) is 7.33. The predicted octanol–water partition coefficient (Wildman–Crippen LogP) is 3.56. The van der Waals surface area contributed by atoms with E-state index in [1.54, 1.807) is 18.3 Å². The fourth-order valence-electron chi connectivity index (χ4n) is 4.05. The molecule has 6 heteroatoms. The smallest absolute Gasteiger partial charge is 0.224 e. The Labute approximate surface area is 171 Å². The van der Waals surface area contributed by atoms with E-state index in [4.69, 9.17) is 0 Å². The number of nitrogens with one attached hydrogen (secondary N) is 2. The van der Waals surface area contributed by atoms with E-state index in [0.717, 1.165) is 36.9 Å². The molecule has 1 saturated carbocycles. The van der Waals surface area contributed by atoms with Gasteiger partial charge in [-0.3, -0.25) is 14.6 Å². The fraction of sp³-hybridized carbons (Fsp3) is 0.435. The van der Waals surface area contributed by atoms with Gasteiger partial charge in [-0.1, -0.05) is 18.2 Å². The van der Waals surface area contributed by atoms with E-state index in [2.05, 4.69) is 15.6 Å². The van der Waals surface area contributed by atoms with Gasteiger partial charge in [0.1, 0.15) is 5.82 Å². The first-order valence-corrected chi connectivity index (χ1v) is 10.2. The van der Waals surface area contributed by atoms with Gasteiger partial charge >= 0.3 is 0 Å². The second-order valence-electron chi connectivity index (χ2n) is 7.82. The van der Waals surface area contributed by atoms with Gasteiger partial charge in [0.05, 0.1) is 18.2 Å². The first-order valence-electron chi connectivity index (χ1n) is 10.2. The van der Waals surface area contributed by atoms with Crippen LogP contribution in [0.4, 0.5) is 4.39 Å². The molecule has 5 nitrogen and oxygen atoms in total. The summed E-state index contributed by atoms with van der Waals surface area (Å²) in [4.78, 5) is 28.3. The monoisotopic (exact) mass is 397 g/mol. The van der Waals surface area contributed by atoms with E-state index < -0.39 is 0 Å². The molecule has 0 aliphatic heterocycles.